The fourth-order valence-corrected chi connectivity index (χ4v) is 1.75. The molecular weight excluding hydrogens is 180 g/mol. The minimum atomic E-state index is 0.733. The minimum Gasteiger partial charge on any atom is -0.103 e. The summed E-state index contributed by atoms with van der Waals surface area (Å²) in [6.45, 7) is 9.80. The second-order valence-electron chi connectivity index (χ2n) is 3.95. The molecule has 0 aliphatic rings. The van der Waals surface area contributed by atoms with Gasteiger partial charge in [-0.1, -0.05) is 56.3 Å². The van der Waals surface area contributed by atoms with Crippen LogP contribution < -0.4 is 0 Å². The molecule has 0 amide bonds. The van der Waals surface area contributed by atoms with Gasteiger partial charge in [-0.2, -0.15) is 0 Å². The fourth-order valence-electron chi connectivity index (χ4n) is 1.75. The molecular formula is C15H20. The van der Waals surface area contributed by atoms with E-state index in [1.165, 1.54) is 17.5 Å². The molecule has 0 saturated heterocycles. The average molecular weight is 200 g/mol. The van der Waals surface area contributed by atoms with Gasteiger partial charge in [0.25, 0.3) is 0 Å². The molecule has 0 spiro atoms. The number of hydrogen-bond donors (Lipinski definition) is 0. The highest BCUT2D eigenvalue weighted by atomic mass is 14.1. The van der Waals surface area contributed by atoms with E-state index >= 15 is 0 Å². The monoisotopic (exact) mass is 200 g/mol. The van der Waals surface area contributed by atoms with Crippen LogP contribution in [0, 0.1) is 5.92 Å². The summed E-state index contributed by atoms with van der Waals surface area (Å²) in [6.07, 6.45) is 7.38. The number of rotatable bonds is 6. The zero-order valence-corrected chi connectivity index (χ0v) is 9.58. The van der Waals surface area contributed by atoms with E-state index in [-0.39, 0.29) is 0 Å². The van der Waals surface area contributed by atoms with Gasteiger partial charge in [0.15, 0.2) is 0 Å². The van der Waals surface area contributed by atoms with Crippen molar-refractivity contribution >= 4 is 6.08 Å². The Labute approximate surface area is 93.3 Å². The maximum atomic E-state index is 3.80. The maximum absolute atomic E-state index is 3.80. The Morgan fingerprint density at radius 3 is 2.33 bits per heavy atom. The van der Waals surface area contributed by atoms with Gasteiger partial charge in [0.1, 0.15) is 0 Å². The van der Waals surface area contributed by atoms with Crippen LogP contribution in [0.2, 0.25) is 0 Å². The van der Waals surface area contributed by atoms with Crippen LogP contribution in [0.3, 0.4) is 0 Å². The lowest BCUT2D eigenvalue weighted by Crippen LogP contribution is -2.01. The quantitative estimate of drug-likeness (QED) is 0.594. The molecule has 0 aliphatic carbocycles. The Kier molecular flexibility index (Phi) is 4.89. The van der Waals surface area contributed by atoms with Gasteiger partial charge < -0.3 is 0 Å². The minimum absolute atomic E-state index is 0.733. The van der Waals surface area contributed by atoms with E-state index in [2.05, 4.69) is 44.3 Å². The molecule has 0 heterocycles. The fraction of sp³-hybridized carbons (Fsp3) is 0.333. The van der Waals surface area contributed by atoms with Gasteiger partial charge >= 0.3 is 0 Å². The van der Waals surface area contributed by atoms with E-state index in [0.29, 0.717) is 0 Å². The molecule has 0 aliphatic heterocycles. The van der Waals surface area contributed by atoms with Gasteiger partial charge in [-0.3, -0.25) is 0 Å². The standard InChI is InChI=1S/C15H20/c1-4-7-14(6-3)12-15-10-8-13(5-2)9-11-15/h4-5,8-11,14H,1-2,6-7,12H2,3H3. The third-order valence-electron chi connectivity index (χ3n) is 2.82. The zero-order chi connectivity index (χ0) is 11.1. The first-order chi connectivity index (χ1) is 7.30. The van der Waals surface area contributed by atoms with Crippen LogP contribution in [0.1, 0.15) is 30.9 Å². The molecule has 1 aromatic rings. The largest absolute Gasteiger partial charge is 0.103 e. The van der Waals surface area contributed by atoms with Crippen molar-refractivity contribution in [3.8, 4) is 0 Å². The molecule has 0 N–H and O–H groups in total. The maximum Gasteiger partial charge on any atom is -0.0248 e. The Bertz CT molecular complexity index is 305. The first-order valence-corrected chi connectivity index (χ1v) is 5.62. The van der Waals surface area contributed by atoms with Gasteiger partial charge in [0.2, 0.25) is 0 Å². The SMILES string of the molecule is C=CCC(CC)Cc1ccc(C=C)cc1. The first kappa shape index (κ1) is 11.8. The van der Waals surface area contributed by atoms with Crippen LogP contribution in [0.5, 0.6) is 0 Å². The number of benzene rings is 1. The molecule has 0 radical (unpaired) electrons. The van der Waals surface area contributed by atoms with Crippen molar-refractivity contribution in [3.05, 3.63) is 54.6 Å². The summed E-state index contributed by atoms with van der Waals surface area (Å²) in [4.78, 5) is 0. The van der Waals surface area contributed by atoms with E-state index in [1.54, 1.807) is 0 Å². The summed E-state index contributed by atoms with van der Waals surface area (Å²) < 4.78 is 0. The molecule has 1 aromatic carbocycles. The summed E-state index contributed by atoms with van der Waals surface area (Å²) in [7, 11) is 0. The third-order valence-corrected chi connectivity index (χ3v) is 2.82. The Hall–Kier alpha value is -1.30. The van der Waals surface area contributed by atoms with E-state index in [1.807, 2.05) is 12.2 Å². The van der Waals surface area contributed by atoms with Crippen LogP contribution >= 0.6 is 0 Å². The van der Waals surface area contributed by atoms with Gasteiger partial charge in [-0.25, -0.2) is 0 Å². The van der Waals surface area contributed by atoms with Gasteiger partial charge in [-0.05, 0) is 29.9 Å². The van der Waals surface area contributed by atoms with Crippen LogP contribution in [-0.4, -0.2) is 0 Å². The Balaban J connectivity index is 2.62. The first-order valence-electron chi connectivity index (χ1n) is 5.62. The molecule has 1 atom stereocenters. The summed E-state index contributed by atoms with van der Waals surface area (Å²) in [5, 5.41) is 0. The number of hydrogen-bond acceptors (Lipinski definition) is 0. The van der Waals surface area contributed by atoms with Crippen molar-refractivity contribution in [3.63, 3.8) is 0 Å². The second-order valence-corrected chi connectivity index (χ2v) is 3.95. The molecule has 0 fully saturated rings. The van der Waals surface area contributed by atoms with E-state index < -0.39 is 0 Å². The molecule has 80 valence electrons. The molecule has 0 heteroatoms. The summed E-state index contributed by atoms with van der Waals surface area (Å²) >= 11 is 0. The highest BCUT2D eigenvalue weighted by molar-refractivity contribution is 5.47. The second kappa shape index (κ2) is 6.23. The molecule has 1 rings (SSSR count). The van der Waals surface area contributed by atoms with Crippen molar-refractivity contribution in [2.45, 2.75) is 26.2 Å². The average Bonchev–Trinajstić information content (AvgIpc) is 2.29. The topological polar surface area (TPSA) is 0 Å². The third kappa shape index (κ3) is 3.75. The summed E-state index contributed by atoms with van der Waals surface area (Å²) in [5.41, 5.74) is 2.60. The van der Waals surface area contributed by atoms with Gasteiger partial charge in [-0.15, -0.1) is 6.58 Å². The van der Waals surface area contributed by atoms with Crippen LogP contribution in [0.25, 0.3) is 6.08 Å². The van der Waals surface area contributed by atoms with E-state index in [9.17, 15) is 0 Å². The molecule has 0 aromatic heterocycles. The summed E-state index contributed by atoms with van der Waals surface area (Å²) in [5.74, 6) is 0.733. The molecule has 0 saturated carbocycles. The zero-order valence-electron chi connectivity index (χ0n) is 9.58. The lowest BCUT2D eigenvalue weighted by atomic mass is 9.93. The smallest absolute Gasteiger partial charge is 0.0248 e. The van der Waals surface area contributed by atoms with Gasteiger partial charge in [0.05, 0.1) is 0 Å². The summed E-state index contributed by atoms with van der Waals surface area (Å²) in [6, 6.07) is 8.65. The number of allylic oxidation sites excluding steroid dienone is 1. The molecule has 0 nitrogen and oxygen atoms in total. The predicted molar refractivity (Wildman–Crippen MR) is 68.8 cm³/mol. The van der Waals surface area contributed by atoms with Crippen LogP contribution in [0.4, 0.5) is 0 Å². The highest BCUT2D eigenvalue weighted by Gasteiger charge is 2.04. The lowest BCUT2D eigenvalue weighted by Gasteiger charge is -2.12. The van der Waals surface area contributed by atoms with Crippen molar-refractivity contribution in [2.24, 2.45) is 5.92 Å². The van der Waals surface area contributed by atoms with Crippen molar-refractivity contribution in [2.75, 3.05) is 0 Å². The van der Waals surface area contributed by atoms with E-state index in [4.69, 9.17) is 0 Å². The van der Waals surface area contributed by atoms with Crippen LogP contribution in [0.15, 0.2) is 43.5 Å². The van der Waals surface area contributed by atoms with Crippen molar-refractivity contribution < 1.29 is 0 Å². The Morgan fingerprint density at radius 1 is 1.20 bits per heavy atom. The molecule has 15 heavy (non-hydrogen) atoms. The van der Waals surface area contributed by atoms with Crippen molar-refractivity contribution in [1.29, 1.82) is 0 Å². The predicted octanol–water partition coefficient (Wildman–Crippen LogP) is 4.47. The van der Waals surface area contributed by atoms with Crippen molar-refractivity contribution in [1.82, 2.24) is 0 Å². The highest BCUT2D eigenvalue weighted by Crippen LogP contribution is 2.16. The normalized spacial score (nSPS) is 12.1. The Morgan fingerprint density at radius 2 is 1.87 bits per heavy atom. The van der Waals surface area contributed by atoms with Gasteiger partial charge in [0, 0.05) is 0 Å². The molecule has 0 bridgehead atoms. The van der Waals surface area contributed by atoms with E-state index in [0.717, 1.165) is 18.8 Å². The lowest BCUT2D eigenvalue weighted by molar-refractivity contribution is 0.514. The van der Waals surface area contributed by atoms with Crippen LogP contribution in [-0.2, 0) is 6.42 Å². The molecule has 1 unspecified atom stereocenters.